The van der Waals surface area contributed by atoms with E-state index < -0.39 is 0 Å². The Bertz CT molecular complexity index is 2560. The highest BCUT2D eigenvalue weighted by Crippen LogP contribution is 2.49. The van der Waals surface area contributed by atoms with E-state index in [1.54, 1.807) is 0 Å². The van der Waals surface area contributed by atoms with Crippen molar-refractivity contribution in [3.8, 4) is 11.1 Å². The normalized spacial score (nSPS) is 13.9. The third kappa shape index (κ3) is 5.52. The molecule has 2 nitrogen and oxygen atoms in total. The van der Waals surface area contributed by atoms with Gasteiger partial charge in [0.15, 0.2) is 0 Å². The van der Waals surface area contributed by atoms with Crippen molar-refractivity contribution in [3.63, 3.8) is 0 Å². The summed E-state index contributed by atoms with van der Waals surface area (Å²) in [4.78, 5) is 5.13. The van der Waals surface area contributed by atoms with Gasteiger partial charge in [0.1, 0.15) is 0 Å². The van der Waals surface area contributed by atoms with Gasteiger partial charge in [-0.1, -0.05) is 153 Å². The molecule has 2 aliphatic rings. The van der Waals surface area contributed by atoms with Crippen LogP contribution in [-0.4, -0.2) is 6.71 Å². The van der Waals surface area contributed by atoms with Crippen LogP contribution in [0, 0.1) is 0 Å². The molecule has 4 heteroatoms. The molecular formula is C50H49BN2S. The molecule has 0 aliphatic carbocycles. The van der Waals surface area contributed by atoms with Gasteiger partial charge in [-0.15, -0.1) is 11.3 Å². The Morgan fingerprint density at radius 2 is 1.06 bits per heavy atom. The minimum absolute atomic E-state index is 0.00169. The molecule has 0 radical (unpaired) electrons. The van der Waals surface area contributed by atoms with Crippen molar-refractivity contribution in [1.82, 2.24) is 0 Å². The van der Waals surface area contributed by atoms with Crippen molar-refractivity contribution >= 4 is 78.0 Å². The van der Waals surface area contributed by atoms with Crippen LogP contribution in [0.15, 0.2) is 133 Å². The van der Waals surface area contributed by atoms with Crippen LogP contribution >= 0.6 is 11.3 Å². The number of anilines is 6. The first kappa shape index (κ1) is 34.7. The highest BCUT2D eigenvalue weighted by Gasteiger charge is 2.45. The Morgan fingerprint density at radius 3 is 1.74 bits per heavy atom. The minimum Gasteiger partial charge on any atom is -0.311 e. The lowest BCUT2D eigenvalue weighted by Gasteiger charge is -2.44. The Balaban J connectivity index is 1.38. The van der Waals surface area contributed by atoms with Gasteiger partial charge in [-0.3, -0.25) is 0 Å². The molecule has 0 atom stereocenters. The maximum atomic E-state index is 2.58. The number of para-hydroxylation sites is 1. The molecule has 3 heterocycles. The first-order valence-electron chi connectivity index (χ1n) is 19.4. The van der Waals surface area contributed by atoms with Crippen LogP contribution in [0.3, 0.4) is 0 Å². The van der Waals surface area contributed by atoms with Crippen molar-refractivity contribution in [3.05, 3.63) is 150 Å². The molecule has 268 valence electrons. The van der Waals surface area contributed by atoms with Crippen molar-refractivity contribution in [2.24, 2.45) is 0 Å². The molecule has 0 spiro atoms. The fourth-order valence-corrected chi connectivity index (χ4v) is 9.88. The number of fused-ring (bicyclic) bond motifs is 6. The van der Waals surface area contributed by atoms with Gasteiger partial charge in [-0.05, 0) is 91.9 Å². The zero-order valence-corrected chi connectivity index (χ0v) is 33.9. The molecular weight excluding hydrogens is 671 g/mol. The second kappa shape index (κ2) is 12.2. The van der Waals surface area contributed by atoms with Gasteiger partial charge in [-0.25, -0.2) is 0 Å². The van der Waals surface area contributed by atoms with Crippen molar-refractivity contribution < 1.29 is 0 Å². The van der Waals surface area contributed by atoms with Gasteiger partial charge >= 0.3 is 0 Å². The summed E-state index contributed by atoms with van der Waals surface area (Å²) >= 11 is 1.99. The van der Waals surface area contributed by atoms with Crippen LogP contribution in [0.2, 0.25) is 0 Å². The molecule has 1 aromatic heterocycles. The summed E-state index contributed by atoms with van der Waals surface area (Å²) in [5.41, 5.74) is 16.8. The van der Waals surface area contributed by atoms with E-state index >= 15 is 0 Å². The van der Waals surface area contributed by atoms with E-state index in [1.807, 2.05) is 11.3 Å². The van der Waals surface area contributed by atoms with E-state index in [-0.39, 0.29) is 23.0 Å². The lowest BCUT2D eigenvalue weighted by Crippen LogP contribution is -2.60. The molecule has 2 aliphatic heterocycles. The molecule has 9 rings (SSSR count). The van der Waals surface area contributed by atoms with Crippen molar-refractivity contribution in [2.45, 2.75) is 78.6 Å². The zero-order valence-electron chi connectivity index (χ0n) is 33.1. The molecule has 6 aromatic carbocycles. The van der Waals surface area contributed by atoms with E-state index in [4.69, 9.17) is 0 Å². The average molecular weight is 721 g/mol. The second-order valence-corrected chi connectivity index (χ2v) is 19.4. The quantitative estimate of drug-likeness (QED) is 0.168. The molecule has 0 saturated carbocycles. The van der Waals surface area contributed by atoms with Gasteiger partial charge in [0, 0.05) is 43.2 Å². The average Bonchev–Trinajstić information content (AvgIpc) is 3.52. The highest BCUT2D eigenvalue weighted by atomic mass is 32.1. The van der Waals surface area contributed by atoms with Crippen LogP contribution < -0.4 is 25.5 Å². The Morgan fingerprint density at radius 1 is 0.481 bits per heavy atom. The maximum absolute atomic E-state index is 2.58. The smallest absolute Gasteiger partial charge is 0.264 e. The largest absolute Gasteiger partial charge is 0.311 e. The molecule has 0 amide bonds. The first-order valence-corrected chi connectivity index (χ1v) is 20.2. The van der Waals surface area contributed by atoms with Gasteiger partial charge in [-0.2, -0.15) is 0 Å². The Kier molecular flexibility index (Phi) is 7.86. The first-order chi connectivity index (χ1) is 25.7. The van der Waals surface area contributed by atoms with E-state index in [0.29, 0.717) is 0 Å². The van der Waals surface area contributed by atoms with Crippen LogP contribution in [0.1, 0.15) is 79.0 Å². The lowest BCUT2D eigenvalue weighted by atomic mass is 9.36. The van der Waals surface area contributed by atoms with Gasteiger partial charge < -0.3 is 9.80 Å². The number of benzene rings is 6. The summed E-state index contributed by atoms with van der Waals surface area (Å²) in [5.74, 6) is 0. The molecule has 0 unspecified atom stereocenters. The Labute approximate surface area is 326 Å². The molecule has 54 heavy (non-hydrogen) atoms. The highest BCUT2D eigenvalue weighted by molar-refractivity contribution is 7.33. The summed E-state index contributed by atoms with van der Waals surface area (Å²) < 4.78 is 2.77. The fourth-order valence-electron chi connectivity index (χ4n) is 8.52. The summed E-state index contributed by atoms with van der Waals surface area (Å²) in [5, 5.41) is 1.32. The molecule has 7 aromatic rings. The van der Waals surface area contributed by atoms with E-state index in [0.717, 1.165) is 0 Å². The number of hydrogen-bond donors (Lipinski definition) is 0. The van der Waals surface area contributed by atoms with Crippen LogP contribution in [0.4, 0.5) is 34.1 Å². The third-order valence-corrected chi connectivity index (χ3v) is 12.7. The predicted octanol–water partition coefficient (Wildman–Crippen LogP) is 12.5. The van der Waals surface area contributed by atoms with Crippen molar-refractivity contribution in [1.29, 1.82) is 0 Å². The Hall–Kier alpha value is -5.06. The topological polar surface area (TPSA) is 6.48 Å². The summed E-state index contributed by atoms with van der Waals surface area (Å²) in [6, 6.07) is 50.6. The number of rotatable bonds is 3. The van der Waals surface area contributed by atoms with E-state index in [2.05, 4.69) is 206 Å². The van der Waals surface area contributed by atoms with Crippen LogP contribution in [0.25, 0.3) is 21.2 Å². The van der Waals surface area contributed by atoms with Crippen molar-refractivity contribution in [2.75, 3.05) is 9.80 Å². The third-order valence-electron chi connectivity index (χ3n) is 11.5. The SMILES string of the molecule is CC(C)(C)c1ccc(N2c3cccc4c3B(c3cc(C(C)(C)C)ccc3N4c3ccccc3-c3ccccc3)c3sc4cc(C(C)(C)C)ccc4c32)cc1. The molecule has 0 fully saturated rings. The summed E-state index contributed by atoms with van der Waals surface area (Å²) in [7, 11) is 0. The maximum Gasteiger partial charge on any atom is 0.264 e. The molecule has 0 N–H and O–H groups in total. The lowest BCUT2D eigenvalue weighted by molar-refractivity contribution is 0.590. The number of nitrogens with zero attached hydrogens (tertiary/aromatic N) is 2. The van der Waals surface area contributed by atoms with Gasteiger partial charge in [0.2, 0.25) is 0 Å². The molecule has 0 saturated heterocycles. The van der Waals surface area contributed by atoms with Crippen LogP contribution in [0.5, 0.6) is 0 Å². The van der Waals surface area contributed by atoms with Crippen LogP contribution in [-0.2, 0) is 16.2 Å². The van der Waals surface area contributed by atoms with E-state index in [1.165, 1.54) is 87.7 Å². The second-order valence-electron chi connectivity index (χ2n) is 18.3. The molecule has 0 bridgehead atoms. The van der Waals surface area contributed by atoms with Gasteiger partial charge in [0.25, 0.3) is 6.71 Å². The zero-order chi connectivity index (χ0) is 37.7. The summed E-state index contributed by atoms with van der Waals surface area (Å²) in [6.07, 6.45) is 0. The summed E-state index contributed by atoms with van der Waals surface area (Å²) in [6.45, 7) is 20.9. The number of thiophene rings is 1. The monoisotopic (exact) mass is 720 g/mol. The van der Waals surface area contributed by atoms with Gasteiger partial charge in [0.05, 0.1) is 11.4 Å². The predicted molar refractivity (Wildman–Crippen MR) is 237 cm³/mol. The fraction of sp³-hybridized carbons (Fsp3) is 0.240. The number of hydrogen-bond acceptors (Lipinski definition) is 3. The van der Waals surface area contributed by atoms with E-state index in [9.17, 15) is 0 Å². The minimum atomic E-state index is 0.00169. The standard InChI is InChI=1S/C50H49BN2S/c1-48(2,3)33-22-26-36(27-23-33)52-42-20-15-21-43-45(42)51(47-46(52)38-28-24-35(50(7,8)9)31-44(38)54-47)39-30-34(49(4,5)6)25-29-41(39)53(43)40-19-14-13-18-37(40)32-16-11-10-12-17-32/h10-31H,1-9H3.